The Bertz CT molecular complexity index is 695. The summed E-state index contributed by atoms with van der Waals surface area (Å²) in [5.41, 5.74) is 0.860. The molecule has 0 bridgehead atoms. The first-order chi connectivity index (χ1) is 10.0. The van der Waals surface area contributed by atoms with Crippen LogP contribution in [0.5, 0.6) is 0 Å². The molecule has 1 aliphatic carbocycles. The van der Waals surface area contributed by atoms with Gasteiger partial charge in [0, 0.05) is 12.1 Å². The smallest absolute Gasteiger partial charge is 0.293 e. The Balaban J connectivity index is 1.74. The van der Waals surface area contributed by atoms with Gasteiger partial charge in [-0.2, -0.15) is 0 Å². The number of halogens is 2. The second kappa shape index (κ2) is 5.48. The number of benzene rings is 1. The Kier molecular flexibility index (Phi) is 3.68. The van der Waals surface area contributed by atoms with Gasteiger partial charge in [0.15, 0.2) is 5.89 Å². The normalized spacial score (nSPS) is 14.2. The van der Waals surface area contributed by atoms with E-state index < -0.39 is 11.7 Å². The van der Waals surface area contributed by atoms with E-state index in [9.17, 15) is 9.18 Å². The Morgan fingerprint density at radius 2 is 2.29 bits per heavy atom. The van der Waals surface area contributed by atoms with Crippen molar-refractivity contribution in [2.24, 2.45) is 5.92 Å². The van der Waals surface area contributed by atoms with E-state index >= 15 is 0 Å². The zero-order chi connectivity index (χ0) is 15.0. The van der Waals surface area contributed by atoms with Gasteiger partial charge in [0.1, 0.15) is 5.82 Å². The lowest BCUT2D eigenvalue weighted by Gasteiger charge is -2.04. The van der Waals surface area contributed by atoms with Gasteiger partial charge in [-0.3, -0.25) is 4.79 Å². The van der Waals surface area contributed by atoms with Crippen LogP contribution in [0.4, 0.5) is 10.1 Å². The van der Waals surface area contributed by atoms with Crippen LogP contribution < -0.4 is 5.32 Å². The van der Waals surface area contributed by atoms with Crippen molar-refractivity contribution in [1.29, 1.82) is 0 Å². The molecule has 1 amide bonds. The lowest BCUT2D eigenvalue weighted by molar-refractivity contribution is 0.0994. The maximum Gasteiger partial charge on any atom is 0.293 e. The van der Waals surface area contributed by atoms with Gasteiger partial charge >= 0.3 is 0 Å². The quantitative estimate of drug-likeness (QED) is 0.929. The number of anilines is 1. The molecule has 110 valence electrons. The summed E-state index contributed by atoms with van der Waals surface area (Å²) < 4.78 is 18.9. The van der Waals surface area contributed by atoms with Crippen LogP contribution in [0.15, 0.2) is 22.6 Å². The molecule has 3 rings (SSSR count). The van der Waals surface area contributed by atoms with Crippen LogP contribution in [0.3, 0.4) is 0 Å². The number of hydrogen-bond acceptors (Lipinski definition) is 3. The van der Waals surface area contributed by atoms with Crippen molar-refractivity contribution in [2.45, 2.75) is 26.2 Å². The number of oxazole rings is 1. The first kappa shape index (κ1) is 14.1. The van der Waals surface area contributed by atoms with Crippen LogP contribution in [0.2, 0.25) is 5.02 Å². The third kappa shape index (κ3) is 3.24. The Hall–Kier alpha value is -1.88. The van der Waals surface area contributed by atoms with Crippen molar-refractivity contribution < 1.29 is 13.6 Å². The number of hydrogen-bond donors (Lipinski definition) is 1. The van der Waals surface area contributed by atoms with Gasteiger partial charge in [0.05, 0.1) is 10.7 Å². The van der Waals surface area contributed by atoms with Crippen molar-refractivity contribution in [1.82, 2.24) is 4.98 Å². The minimum Gasteiger partial charge on any atom is -0.435 e. The SMILES string of the molecule is Cc1nc(CC2CC2)oc1C(=O)Nc1ccc(Cl)c(F)c1. The largest absolute Gasteiger partial charge is 0.435 e. The number of aryl methyl sites for hydroxylation is 1. The standard InChI is InChI=1S/C15H14ClFN2O2/c1-8-14(21-13(18-8)6-9-2-3-9)15(20)19-10-4-5-11(16)12(17)7-10/h4-5,7,9H,2-3,6H2,1H3,(H,19,20). The maximum atomic E-state index is 13.3. The summed E-state index contributed by atoms with van der Waals surface area (Å²) in [6.45, 7) is 1.72. The molecular formula is C15H14ClFN2O2. The van der Waals surface area contributed by atoms with E-state index in [1.165, 1.54) is 25.0 Å². The number of amides is 1. The average Bonchev–Trinajstić information content (AvgIpc) is 3.16. The third-order valence-electron chi connectivity index (χ3n) is 3.38. The van der Waals surface area contributed by atoms with E-state index in [2.05, 4.69) is 10.3 Å². The highest BCUT2D eigenvalue weighted by molar-refractivity contribution is 6.30. The summed E-state index contributed by atoms with van der Waals surface area (Å²) in [4.78, 5) is 16.4. The van der Waals surface area contributed by atoms with Crippen molar-refractivity contribution in [3.8, 4) is 0 Å². The minimum absolute atomic E-state index is 0.00978. The fourth-order valence-electron chi connectivity index (χ4n) is 2.08. The highest BCUT2D eigenvalue weighted by atomic mass is 35.5. The van der Waals surface area contributed by atoms with E-state index in [-0.39, 0.29) is 10.8 Å². The molecule has 0 saturated heterocycles. The molecule has 2 aromatic rings. The molecule has 21 heavy (non-hydrogen) atoms. The fourth-order valence-corrected chi connectivity index (χ4v) is 2.20. The fraction of sp³-hybridized carbons (Fsp3) is 0.333. The Morgan fingerprint density at radius 1 is 1.52 bits per heavy atom. The number of aromatic nitrogens is 1. The summed E-state index contributed by atoms with van der Waals surface area (Å²) >= 11 is 5.60. The van der Waals surface area contributed by atoms with Gasteiger partial charge in [0.2, 0.25) is 5.76 Å². The Labute approximate surface area is 126 Å². The van der Waals surface area contributed by atoms with Crippen LogP contribution in [-0.4, -0.2) is 10.9 Å². The summed E-state index contributed by atoms with van der Waals surface area (Å²) in [6, 6.07) is 4.08. The highest BCUT2D eigenvalue weighted by Crippen LogP contribution is 2.32. The van der Waals surface area contributed by atoms with Gasteiger partial charge in [-0.25, -0.2) is 9.37 Å². The molecular weight excluding hydrogens is 295 g/mol. The lowest BCUT2D eigenvalue weighted by Crippen LogP contribution is -2.12. The first-order valence-electron chi connectivity index (χ1n) is 6.75. The minimum atomic E-state index is -0.585. The molecule has 1 saturated carbocycles. The van der Waals surface area contributed by atoms with Gasteiger partial charge in [-0.1, -0.05) is 11.6 Å². The first-order valence-corrected chi connectivity index (χ1v) is 7.13. The maximum absolute atomic E-state index is 13.3. The third-order valence-corrected chi connectivity index (χ3v) is 3.69. The van der Waals surface area contributed by atoms with Crippen LogP contribution in [0, 0.1) is 18.7 Å². The molecule has 0 spiro atoms. The average molecular weight is 309 g/mol. The number of nitrogens with zero attached hydrogens (tertiary/aromatic N) is 1. The molecule has 0 atom stereocenters. The molecule has 1 fully saturated rings. The van der Waals surface area contributed by atoms with Crippen molar-refractivity contribution >= 4 is 23.2 Å². The molecule has 1 aromatic carbocycles. The van der Waals surface area contributed by atoms with Crippen LogP contribution in [-0.2, 0) is 6.42 Å². The second-order valence-electron chi connectivity index (χ2n) is 5.25. The summed E-state index contributed by atoms with van der Waals surface area (Å²) in [5.74, 6) is 0.356. The van der Waals surface area contributed by atoms with Gasteiger partial charge in [-0.05, 0) is 43.9 Å². The second-order valence-corrected chi connectivity index (χ2v) is 5.66. The number of nitrogens with one attached hydrogen (secondary N) is 1. The molecule has 0 unspecified atom stereocenters. The van der Waals surface area contributed by atoms with Gasteiger partial charge in [-0.15, -0.1) is 0 Å². The van der Waals surface area contributed by atoms with Crippen molar-refractivity contribution in [2.75, 3.05) is 5.32 Å². The topological polar surface area (TPSA) is 55.1 Å². The molecule has 4 nitrogen and oxygen atoms in total. The molecule has 1 N–H and O–H groups in total. The predicted molar refractivity (Wildman–Crippen MR) is 77.0 cm³/mol. The van der Waals surface area contributed by atoms with Crippen molar-refractivity contribution in [3.63, 3.8) is 0 Å². The predicted octanol–water partition coefficient (Wildman–Crippen LogP) is 3.98. The van der Waals surface area contributed by atoms with Crippen LogP contribution in [0.25, 0.3) is 0 Å². The van der Waals surface area contributed by atoms with E-state index in [1.54, 1.807) is 6.92 Å². The highest BCUT2D eigenvalue weighted by Gasteiger charge is 2.26. The summed E-state index contributed by atoms with van der Waals surface area (Å²) in [6.07, 6.45) is 3.14. The zero-order valence-corrected chi connectivity index (χ0v) is 12.2. The Morgan fingerprint density at radius 3 is 2.95 bits per heavy atom. The van der Waals surface area contributed by atoms with Gasteiger partial charge < -0.3 is 9.73 Å². The zero-order valence-electron chi connectivity index (χ0n) is 11.5. The molecule has 0 radical (unpaired) electrons. The number of rotatable bonds is 4. The van der Waals surface area contributed by atoms with E-state index in [0.717, 1.165) is 12.5 Å². The molecule has 1 aromatic heterocycles. The molecule has 1 heterocycles. The van der Waals surface area contributed by atoms with E-state index in [4.69, 9.17) is 16.0 Å². The van der Waals surface area contributed by atoms with Crippen LogP contribution >= 0.6 is 11.6 Å². The van der Waals surface area contributed by atoms with E-state index in [1.807, 2.05) is 0 Å². The number of carbonyl (C=O) groups is 1. The monoisotopic (exact) mass is 308 g/mol. The summed E-state index contributed by atoms with van der Waals surface area (Å²) in [5, 5.41) is 2.59. The van der Waals surface area contributed by atoms with Crippen LogP contribution in [0.1, 0.15) is 35.0 Å². The summed E-state index contributed by atoms with van der Waals surface area (Å²) in [7, 11) is 0. The number of carbonyl (C=O) groups excluding carboxylic acids is 1. The molecule has 1 aliphatic rings. The lowest BCUT2D eigenvalue weighted by atomic mass is 10.3. The molecule has 0 aliphatic heterocycles. The van der Waals surface area contributed by atoms with Crippen molar-refractivity contribution in [3.05, 3.63) is 46.4 Å². The molecule has 6 heteroatoms. The van der Waals surface area contributed by atoms with E-state index in [0.29, 0.717) is 23.2 Å². The van der Waals surface area contributed by atoms with Gasteiger partial charge in [0.25, 0.3) is 5.91 Å².